The zero-order valence-electron chi connectivity index (χ0n) is 13.5. The Morgan fingerprint density at radius 1 is 1.20 bits per heavy atom. The van der Waals surface area contributed by atoms with Crippen molar-refractivity contribution in [3.63, 3.8) is 0 Å². The SMILES string of the molecule is CCC(CC)N(CC(C)C)C1CNc2ccccc2C1. The van der Waals surface area contributed by atoms with E-state index < -0.39 is 0 Å². The van der Waals surface area contributed by atoms with E-state index in [9.17, 15) is 0 Å². The second-order valence-corrected chi connectivity index (χ2v) is 6.46. The third kappa shape index (κ3) is 3.54. The number of anilines is 1. The van der Waals surface area contributed by atoms with E-state index in [1.54, 1.807) is 0 Å². The molecule has 2 rings (SSSR count). The van der Waals surface area contributed by atoms with E-state index in [0.717, 1.165) is 18.5 Å². The zero-order chi connectivity index (χ0) is 14.5. The normalized spacial score (nSPS) is 18.4. The smallest absolute Gasteiger partial charge is 0.0373 e. The van der Waals surface area contributed by atoms with E-state index in [0.29, 0.717) is 6.04 Å². The van der Waals surface area contributed by atoms with Crippen LogP contribution in [0.1, 0.15) is 46.1 Å². The van der Waals surface area contributed by atoms with Gasteiger partial charge in [0.1, 0.15) is 0 Å². The predicted molar refractivity (Wildman–Crippen MR) is 88.3 cm³/mol. The van der Waals surface area contributed by atoms with Gasteiger partial charge in [-0.25, -0.2) is 0 Å². The van der Waals surface area contributed by atoms with Crippen LogP contribution in [0, 0.1) is 5.92 Å². The predicted octanol–water partition coefficient (Wildman–Crippen LogP) is 4.17. The van der Waals surface area contributed by atoms with Crippen molar-refractivity contribution in [2.75, 3.05) is 18.4 Å². The Kier molecular flexibility index (Phi) is 5.47. The number of para-hydroxylation sites is 1. The first kappa shape index (κ1) is 15.4. The van der Waals surface area contributed by atoms with E-state index >= 15 is 0 Å². The van der Waals surface area contributed by atoms with E-state index in [4.69, 9.17) is 0 Å². The maximum Gasteiger partial charge on any atom is 0.0373 e. The van der Waals surface area contributed by atoms with Crippen molar-refractivity contribution in [1.29, 1.82) is 0 Å². The summed E-state index contributed by atoms with van der Waals surface area (Å²) in [5.74, 6) is 0.729. The largest absolute Gasteiger partial charge is 0.383 e. The minimum absolute atomic E-state index is 0.636. The molecule has 1 aliphatic heterocycles. The summed E-state index contributed by atoms with van der Waals surface area (Å²) >= 11 is 0. The molecule has 0 saturated carbocycles. The topological polar surface area (TPSA) is 15.3 Å². The molecule has 0 amide bonds. The standard InChI is InChI=1S/C18H30N2/c1-5-16(6-2)20(13-14(3)4)17-11-15-9-7-8-10-18(15)19-12-17/h7-10,14,16-17,19H,5-6,11-13H2,1-4H3. The summed E-state index contributed by atoms with van der Waals surface area (Å²) < 4.78 is 0. The highest BCUT2D eigenvalue weighted by atomic mass is 15.2. The molecule has 0 saturated heterocycles. The minimum atomic E-state index is 0.636. The second kappa shape index (κ2) is 7.12. The molecule has 0 radical (unpaired) electrons. The molecule has 0 spiro atoms. The molecule has 2 nitrogen and oxygen atoms in total. The van der Waals surface area contributed by atoms with Crippen LogP contribution in [0.3, 0.4) is 0 Å². The summed E-state index contributed by atoms with van der Waals surface area (Å²) in [4.78, 5) is 2.76. The van der Waals surface area contributed by atoms with Crippen molar-refractivity contribution in [2.24, 2.45) is 5.92 Å². The summed E-state index contributed by atoms with van der Waals surface area (Å²) in [6.45, 7) is 11.6. The lowest BCUT2D eigenvalue weighted by Crippen LogP contribution is -2.50. The molecule has 1 N–H and O–H groups in total. The van der Waals surface area contributed by atoms with Crippen molar-refractivity contribution in [3.05, 3.63) is 29.8 Å². The van der Waals surface area contributed by atoms with Crippen LogP contribution in [-0.2, 0) is 6.42 Å². The molecule has 1 aromatic rings. The summed E-state index contributed by atoms with van der Waals surface area (Å²) in [5, 5.41) is 3.63. The first-order valence-corrected chi connectivity index (χ1v) is 8.23. The molecule has 0 aromatic heterocycles. The van der Waals surface area contributed by atoms with Crippen molar-refractivity contribution in [2.45, 2.75) is 59.0 Å². The lowest BCUT2D eigenvalue weighted by atomic mass is 9.95. The van der Waals surface area contributed by atoms with Crippen LogP contribution in [0.5, 0.6) is 0 Å². The fourth-order valence-electron chi connectivity index (χ4n) is 3.43. The summed E-state index contributed by atoms with van der Waals surface area (Å²) in [7, 11) is 0. The molecule has 20 heavy (non-hydrogen) atoms. The van der Waals surface area contributed by atoms with Crippen molar-refractivity contribution >= 4 is 5.69 Å². The first-order chi connectivity index (χ1) is 9.65. The van der Waals surface area contributed by atoms with Crippen molar-refractivity contribution in [1.82, 2.24) is 4.90 Å². The Hall–Kier alpha value is -1.02. The number of benzene rings is 1. The summed E-state index contributed by atoms with van der Waals surface area (Å²) in [5.41, 5.74) is 2.81. The second-order valence-electron chi connectivity index (χ2n) is 6.46. The average Bonchev–Trinajstić information content (AvgIpc) is 2.46. The van der Waals surface area contributed by atoms with Crippen LogP contribution in [0.25, 0.3) is 0 Å². The molecule has 1 heterocycles. The molecule has 1 aliphatic rings. The summed E-state index contributed by atoms with van der Waals surface area (Å²) in [6, 6.07) is 10.1. The van der Waals surface area contributed by atoms with Crippen molar-refractivity contribution < 1.29 is 0 Å². The van der Waals surface area contributed by atoms with Gasteiger partial charge in [0.2, 0.25) is 0 Å². The van der Waals surface area contributed by atoms with Gasteiger partial charge in [0.25, 0.3) is 0 Å². The van der Waals surface area contributed by atoms with Gasteiger partial charge in [0.05, 0.1) is 0 Å². The quantitative estimate of drug-likeness (QED) is 0.837. The van der Waals surface area contributed by atoms with E-state index in [1.807, 2.05) is 0 Å². The fraction of sp³-hybridized carbons (Fsp3) is 0.667. The van der Waals surface area contributed by atoms with Gasteiger partial charge in [0, 0.05) is 30.9 Å². The molecule has 112 valence electrons. The number of hydrogen-bond acceptors (Lipinski definition) is 2. The van der Waals surface area contributed by atoms with Crippen LogP contribution in [0.2, 0.25) is 0 Å². The van der Waals surface area contributed by atoms with Gasteiger partial charge in [-0.15, -0.1) is 0 Å². The Bertz CT molecular complexity index is 410. The molecule has 0 bridgehead atoms. The highest BCUT2D eigenvalue weighted by molar-refractivity contribution is 5.53. The fourth-order valence-corrected chi connectivity index (χ4v) is 3.43. The molecule has 0 fully saturated rings. The van der Waals surface area contributed by atoms with Crippen LogP contribution >= 0.6 is 0 Å². The lowest BCUT2D eigenvalue weighted by molar-refractivity contribution is 0.113. The number of rotatable bonds is 6. The molecule has 1 unspecified atom stereocenters. The van der Waals surface area contributed by atoms with Gasteiger partial charge in [-0.2, -0.15) is 0 Å². The van der Waals surface area contributed by atoms with E-state index in [2.05, 4.69) is 62.2 Å². The third-order valence-corrected chi connectivity index (χ3v) is 4.46. The Morgan fingerprint density at radius 3 is 2.55 bits per heavy atom. The zero-order valence-corrected chi connectivity index (χ0v) is 13.5. The van der Waals surface area contributed by atoms with Gasteiger partial charge < -0.3 is 5.32 Å². The van der Waals surface area contributed by atoms with Gasteiger partial charge in [-0.3, -0.25) is 4.90 Å². The maximum absolute atomic E-state index is 3.63. The van der Waals surface area contributed by atoms with Gasteiger partial charge in [-0.05, 0) is 36.8 Å². The Morgan fingerprint density at radius 2 is 1.90 bits per heavy atom. The lowest BCUT2D eigenvalue weighted by Gasteiger charge is -2.41. The molecule has 1 atom stereocenters. The van der Waals surface area contributed by atoms with Gasteiger partial charge >= 0.3 is 0 Å². The molecular formula is C18H30N2. The highest BCUT2D eigenvalue weighted by Gasteiger charge is 2.28. The average molecular weight is 274 g/mol. The Balaban J connectivity index is 2.14. The van der Waals surface area contributed by atoms with Gasteiger partial charge in [0.15, 0.2) is 0 Å². The minimum Gasteiger partial charge on any atom is -0.383 e. The number of nitrogens with one attached hydrogen (secondary N) is 1. The van der Waals surface area contributed by atoms with E-state index in [-0.39, 0.29) is 0 Å². The number of fused-ring (bicyclic) bond motifs is 1. The Labute approximate surface area is 124 Å². The highest BCUT2D eigenvalue weighted by Crippen LogP contribution is 2.26. The van der Waals surface area contributed by atoms with E-state index in [1.165, 1.54) is 37.1 Å². The summed E-state index contributed by atoms with van der Waals surface area (Å²) in [6.07, 6.45) is 3.69. The molecule has 0 aliphatic carbocycles. The van der Waals surface area contributed by atoms with Gasteiger partial charge in [-0.1, -0.05) is 45.9 Å². The molecule has 2 heteroatoms. The number of nitrogens with zero attached hydrogens (tertiary/aromatic N) is 1. The molecule has 1 aromatic carbocycles. The van der Waals surface area contributed by atoms with Crippen LogP contribution in [0.4, 0.5) is 5.69 Å². The maximum atomic E-state index is 3.63. The monoisotopic (exact) mass is 274 g/mol. The molecular weight excluding hydrogens is 244 g/mol. The van der Waals surface area contributed by atoms with Crippen LogP contribution in [0.15, 0.2) is 24.3 Å². The van der Waals surface area contributed by atoms with Crippen molar-refractivity contribution in [3.8, 4) is 0 Å². The first-order valence-electron chi connectivity index (χ1n) is 8.23. The third-order valence-electron chi connectivity index (χ3n) is 4.46. The van der Waals surface area contributed by atoms with Crippen LogP contribution < -0.4 is 5.32 Å². The van der Waals surface area contributed by atoms with Crippen LogP contribution in [-0.4, -0.2) is 30.1 Å². The number of hydrogen-bond donors (Lipinski definition) is 1.